The Labute approximate surface area is 114 Å². The lowest BCUT2D eigenvalue weighted by molar-refractivity contribution is 0.508. The molecule has 2 heteroatoms. The van der Waals surface area contributed by atoms with E-state index in [1.54, 1.807) is 0 Å². The molecule has 0 aromatic heterocycles. The summed E-state index contributed by atoms with van der Waals surface area (Å²) in [5, 5.41) is 4.17. The summed E-state index contributed by atoms with van der Waals surface area (Å²) >= 11 is 5.94. The van der Waals surface area contributed by atoms with Crippen LogP contribution in [0.2, 0.25) is 5.02 Å². The Morgan fingerprint density at radius 3 is 2.06 bits per heavy atom. The van der Waals surface area contributed by atoms with Crippen molar-refractivity contribution in [2.75, 3.05) is 7.05 Å². The molecule has 0 amide bonds. The molecule has 1 nitrogen and oxygen atoms in total. The maximum Gasteiger partial charge on any atom is 0.0406 e. The van der Waals surface area contributed by atoms with Crippen molar-refractivity contribution < 1.29 is 0 Å². The first-order valence-electron chi connectivity index (χ1n) is 6.20. The van der Waals surface area contributed by atoms with Gasteiger partial charge in [-0.25, -0.2) is 0 Å². The Hall–Kier alpha value is -1.31. The van der Waals surface area contributed by atoms with Gasteiger partial charge in [-0.15, -0.1) is 0 Å². The molecule has 1 N–H and O–H groups in total. The average molecular weight is 260 g/mol. The molecular weight excluding hydrogens is 242 g/mol. The number of benzene rings is 2. The molecular formula is C16H18ClN. The van der Waals surface area contributed by atoms with E-state index in [4.69, 9.17) is 11.6 Å². The lowest BCUT2D eigenvalue weighted by atomic mass is 9.89. The third-order valence-electron chi connectivity index (χ3n) is 3.37. The number of nitrogens with one attached hydrogen (secondary N) is 1. The van der Waals surface area contributed by atoms with Crippen molar-refractivity contribution >= 4 is 11.6 Å². The van der Waals surface area contributed by atoms with Crippen LogP contribution in [0.3, 0.4) is 0 Å². The minimum atomic E-state index is 0.296. The largest absolute Gasteiger partial charge is 0.312 e. The fourth-order valence-electron chi connectivity index (χ4n) is 2.32. The van der Waals surface area contributed by atoms with Gasteiger partial charge in [0.2, 0.25) is 0 Å². The topological polar surface area (TPSA) is 12.0 Å². The maximum atomic E-state index is 5.94. The van der Waals surface area contributed by atoms with Gasteiger partial charge in [0.25, 0.3) is 0 Å². The van der Waals surface area contributed by atoms with E-state index in [-0.39, 0.29) is 0 Å². The second-order valence-corrected chi connectivity index (χ2v) is 4.95. The Bertz CT molecular complexity index is 478. The predicted octanol–water partition coefficient (Wildman–Crippen LogP) is 4.40. The van der Waals surface area contributed by atoms with Gasteiger partial charge in [0.1, 0.15) is 0 Å². The normalized spacial score (nSPS) is 14.2. The molecule has 2 unspecified atom stereocenters. The van der Waals surface area contributed by atoms with Gasteiger partial charge in [-0.3, -0.25) is 0 Å². The van der Waals surface area contributed by atoms with E-state index < -0.39 is 0 Å². The minimum absolute atomic E-state index is 0.296. The summed E-state index contributed by atoms with van der Waals surface area (Å²) in [7, 11) is 2.00. The fraction of sp³-hybridized carbons (Fsp3) is 0.250. The lowest BCUT2D eigenvalue weighted by Crippen LogP contribution is -2.22. The summed E-state index contributed by atoms with van der Waals surface area (Å²) in [5.74, 6) is 0.414. The zero-order valence-corrected chi connectivity index (χ0v) is 11.5. The molecule has 0 radical (unpaired) electrons. The van der Waals surface area contributed by atoms with Gasteiger partial charge in [-0.05, 0) is 30.3 Å². The van der Waals surface area contributed by atoms with Gasteiger partial charge in [0, 0.05) is 17.0 Å². The van der Waals surface area contributed by atoms with Gasteiger partial charge in [0.05, 0.1) is 0 Å². The van der Waals surface area contributed by atoms with Gasteiger partial charge < -0.3 is 5.32 Å². The Morgan fingerprint density at radius 2 is 1.50 bits per heavy atom. The molecule has 0 aliphatic heterocycles. The highest BCUT2D eigenvalue weighted by atomic mass is 35.5. The molecule has 0 aliphatic carbocycles. The molecule has 2 aromatic rings. The SMILES string of the molecule is CNC(c1ccc(Cl)cc1)C(C)c1ccccc1. The van der Waals surface area contributed by atoms with Crippen LogP contribution in [0.15, 0.2) is 54.6 Å². The Kier molecular flexibility index (Phi) is 4.40. The highest BCUT2D eigenvalue weighted by Gasteiger charge is 2.18. The third kappa shape index (κ3) is 2.92. The van der Waals surface area contributed by atoms with E-state index in [0.717, 1.165) is 5.02 Å². The molecule has 0 spiro atoms. The van der Waals surface area contributed by atoms with Gasteiger partial charge >= 0.3 is 0 Å². The van der Waals surface area contributed by atoms with Gasteiger partial charge in [-0.1, -0.05) is 61.0 Å². The molecule has 2 rings (SSSR count). The van der Waals surface area contributed by atoms with E-state index >= 15 is 0 Å². The molecule has 2 aromatic carbocycles. The Balaban J connectivity index is 2.26. The summed E-state index contributed by atoms with van der Waals surface area (Å²) in [6.07, 6.45) is 0. The second kappa shape index (κ2) is 6.03. The van der Waals surface area contributed by atoms with Crippen molar-refractivity contribution in [3.8, 4) is 0 Å². The first-order chi connectivity index (χ1) is 8.72. The van der Waals surface area contributed by atoms with E-state index in [0.29, 0.717) is 12.0 Å². The van der Waals surface area contributed by atoms with Crippen LogP contribution in [0, 0.1) is 0 Å². The van der Waals surface area contributed by atoms with Crippen molar-refractivity contribution in [1.82, 2.24) is 5.32 Å². The first-order valence-corrected chi connectivity index (χ1v) is 6.58. The number of likely N-dealkylation sites (N-methyl/N-ethyl adjacent to an activating group) is 1. The number of rotatable bonds is 4. The zero-order valence-electron chi connectivity index (χ0n) is 10.7. The van der Waals surface area contributed by atoms with Crippen molar-refractivity contribution in [3.63, 3.8) is 0 Å². The first kappa shape index (κ1) is 13.1. The van der Waals surface area contributed by atoms with Crippen LogP contribution in [-0.2, 0) is 0 Å². The molecule has 94 valence electrons. The summed E-state index contributed by atoms with van der Waals surface area (Å²) in [5.41, 5.74) is 2.60. The Morgan fingerprint density at radius 1 is 0.889 bits per heavy atom. The molecule has 0 bridgehead atoms. The monoisotopic (exact) mass is 259 g/mol. The number of halogens is 1. The van der Waals surface area contributed by atoms with Crippen molar-refractivity contribution in [1.29, 1.82) is 0 Å². The second-order valence-electron chi connectivity index (χ2n) is 4.52. The molecule has 0 saturated heterocycles. The van der Waals surface area contributed by atoms with Crippen LogP contribution >= 0.6 is 11.6 Å². The summed E-state index contributed by atoms with van der Waals surface area (Å²) in [6, 6.07) is 18.9. The molecule has 0 aliphatic rings. The lowest BCUT2D eigenvalue weighted by Gasteiger charge is -2.24. The highest BCUT2D eigenvalue weighted by molar-refractivity contribution is 6.30. The summed E-state index contributed by atoms with van der Waals surface area (Å²) in [6.45, 7) is 2.24. The predicted molar refractivity (Wildman–Crippen MR) is 78.1 cm³/mol. The number of hydrogen-bond acceptors (Lipinski definition) is 1. The van der Waals surface area contributed by atoms with Crippen LogP contribution in [0.5, 0.6) is 0 Å². The minimum Gasteiger partial charge on any atom is -0.312 e. The van der Waals surface area contributed by atoms with Crippen LogP contribution < -0.4 is 5.32 Å². The highest BCUT2D eigenvalue weighted by Crippen LogP contribution is 2.30. The quantitative estimate of drug-likeness (QED) is 0.858. The standard InChI is InChI=1S/C16H18ClN/c1-12(13-6-4-3-5-7-13)16(18-2)14-8-10-15(17)11-9-14/h3-12,16,18H,1-2H3. The molecule has 2 atom stereocenters. The smallest absolute Gasteiger partial charge is 0.0406 e. The van der Waals surface area contributed by atoms with Crippen LogP contribution in [-0.4, -0.2) is 7.05 Å². The zero-order chi connectivity index (χ0) is 13.0. The van der Waals surface area contributed by atoms with Gasteiger partial charge in [0.15, 0.2) is 0 Å². The van der Waals surface area contributed by atoms with E-state index in [9.17, 15) is 0 Å². The van der Waals surface area contributed by atoms with Crippen LogP contribution in [0.25, 0.3) is 0 Å². The van der Waals surface area contributed by atoms with Crippen molar-refractivity contribution in [3.05, 3.63) is 70.7 Å². The maximum absolute atomic E-state index is 5.94. The fourth-order valence-corrected chi connectivity index (χ4v) is 2.45. The molecule has 0 fully saturated rings. The molecule has 0 heterocycles. The number of hydrogen-bond donors (Lipinski definition) is 1. The summed E-state index contributed by atoms with van der Waals surface area (Å²) in [4.78, 5) is 0. The van der Waals surface area contributed by atoms with Crippen LogP contribution in [0.4, 0.5) is 0 Å². The summed E-state index contributed by atoms with van der Waals surface area (Å²) < 4.78 is 0. The van der Waals surface area contributed by atoms with E-state index in [1.807, 2.05) is 25.2 Å². The van der Waals surface area contributed by atoms with Crippen molar-refractivity contribution in [2.24, 2.45) is 0 Å². The van der Waals surface area contributed by atoms with Crippen molar-refractivity contribution in [2.45, 2.75) is 18.9 Å². The third-order valence-corrected chi connectivity index (χ3v) is 3.62. The van der Waals surface area contributed by atoms with Crippen LogP contribution in [0.1, 0.15) is 30.0 Å². The van der Waals surface area contributed by atoms with E-state index in [2.05, 4.69) is 48.6 Å². The van der Waals surface area contributed by atoms with E-state index in [1.165, 1.54) is 11.1 Å². The molecule has 18 heavy (non-hydrogen) atoms. The average Bonchev–Trinajstić information content (AvgIpc) is 2.42. The van der Waals surface area contributed by atoms with Gasteiger partial charge in [-0.2, -0.15) is 0 Å². The molecule has 0 saturated carbocycles.